The first-order valence-electron chi connectivity index (χ1n) is 10.5. The molecule has 0 unspecified atom stereocenters. The van der Waals surface area contributed by atoms with Gasteiger partial charge in [-0.2, -0.15) is 0 Å². The predicted molar refractivity (Wildman–Crippen MR) is 130 cm³/mol. The monoisotopic (exact) mass is 469 g/mol. The van der Waals surface area contributed by atoms with Crippen LogP contribution in [0.25, 0.3) is 21.3 Å². The molecule has 10 heteroatoms. The maximum Gasteiger partial charge on any atom is 0.328 e. The van der Waals surface area contributed by atoms with Crippen LogP contribution in [0.15, 0.2) is 27.8 Å². The number of thioether (sulfide) groups is 1. The minimum absolute atomic E-state index is 0.0729. The first-order valence-corrected chi connectivity index (χ1v) is 12.5. The Morgan fingerprint density at radius 1 is 1.19 bits per heavy atom. The SMILES string of the molecule is Cn1c(=O)n(C)c2cc(NC(=O)CSCc3nc4sc5c(c4c(=O)[nH]3)CCCC5)ccc21. The van der Waals surface area contributed by atoms with Crippen LogP contribution >= 0.6 is 23.1 Å². The molecule has 0 spiro atoms. The number of hydrogen-bond donors (Lipinski definition) is 2. The number of carbonyl (C=O) groups excluding carboxylic acids is 1. The average molecular weight is 470 g/mol. The molecule has 1 aliphatic rings. The van der Waals surface area contributed by atoms with Gasteiger partial charge in [0.25, 0.3) is 5.56 Å². The fourth-order valence-electron chi connectivity index (χ4n) is 4.30. The lowest BCUT2D eigenvalue weighted by Crippen LogP contribution is -2.19. The molecule has 1 aromatic carbocycles. The second-order valence-corrected chi connectivity index (χ2v) is 10.1. The first kappa shape index (κ1) is 21.0. The Balaban J connectivity index is 1.25. The first-order chi connectivity index (χ1) is 15.4. The van der Waals surface area contributed by atoms with Crippen molar-refractivity contribution in [2.24, 2.45) is 14.1 Å². The van der Waals surface area contributed by atoms with Crippen molar-refractivity contribution in [1.82, 2.24) is 19.1 Å². The maximum atomic E-state index is 12.6. The summed E-state index contributed by atoms with van der Waals surface area (Å²) in [6.45, 7) is 0. The van der Waals surface area contributed by atoms with Crippen LogP contribution in [0.5, 0.6) is 0 Å². The van der Waals surface area contributed by atoms with Crippen molar-refractivity contribution in [2.45, 2.75) is 31.4 Å². The smallest absolute Gasteiger partial charge is 0.325 e. The molecule has 0 bridgehead atoms. The number of fused-ring (bicyclic) bond motifs is 4. The van der Waals surface area contributed by atoms with Crippen molar-refractivity contribution in [2.75, 3.05) is 11.1 Å². The second-order valence-electron chi connectivity index (χ2n) is 8.05. The molecule has 0 aliphatic heterocycles. The zero-order valence-electron chi connectivity index (χ0n) is 17.9. The van der Waals surface area contributed by atoms with Crippen molar-refractivity contribution in [1.29, 1.82) is 0 Å². The number of nitrogens with one attached hydrogen (secondary N) is 2. The molecular weight excluding hydrogens is 446 g/mol. The van der Waals surface area contributed by atoms with Crippen LogP contribution in [0.2, 0.25) is 0 Å². The highest BCUT2D eigenvalue weighted by molar-refractivity contribution is 7.99. The van der Waals surface area contributed by atoms with Gasteiger partial charge in [0, 0.05) is 24.7 Å². The summed E-state index contributed by atoms with van der Waals surface area (Å²) in [6.07, 6.45) is 4.28. The van der Waals surface area contributed by atoms with Crippen LogP contribution in [0.1, 0.15) is 29.1 Å². The van der Waals surface area contributed by atoms with Crippen LogP contribution in [-0.4, -0.2) is 30.8 Å². The summed E-state index contributed by atoms with van der Waals surface area (Å²) in [5.74, 6) is 1.13. The lowest BCUT2D eigenvalue weighted by molar-refractivity contribution is -0.113. The Morgan fingerprint density at radius 3 is 2.81 bits per heavy atom. The minimum atomic E-state index is -0.148. The summed E-state index contributed by atoms with van der Waals surface area (Å²) in [5, 5.41) is 3.63. The molecule has 4 aromatic rings. The molecular formula is C22H23N5O3S2. The van der Waals surface area contributed by atoms with E-state index in [4.69, 9.17) is 0 Å². The van der Waals surface area contributed by atoms with Crippen molar-refractivity contribution in [3.05, 3.63) is 55.3 Å². The molecule has 0 saturated heterocycles. The molecule has 0 saturated carbocycles. The third-order valence-corrected chi connectivity index (χ3v) is 8.03. The molecule has 5 rings (SSSR count). The number of aryl methyl sites for hydroxylation is 4. The molecule has 2 N–H and O–H groups in total. The van der Waals surface area contributed by atoms with Crippen molar-refractivity contribution < 1.29 is 4.79 Å². The Bertz CT molecular complexity index is 1480. The van der Waals surface area contributed by atoms with Gasteiger partial charge in [0.15, 0.2) is 0 Å². The fraction of sp³-hybridized carbons (Fsp3) is 0.364. The van der Waals surface area contributed by atoms with Gasteiger partial charge in [0.1, 0.15) is 10.7 Å². The van der Waals surface area contributed by atoms with Crippen LogP contribution in [-0.2, 0) is 37.5 Å². The number of anilines is 1. The lowest BCUT2D eigenvalue weighted by atomic mass is 9.97. The lowest BCUT2D eigenvalue weighted by Gasteiger charge is -2.09. The van der Waals surface area contributed by atoms with Crippen LogP contribution in [0.3, 0.4) is 0 Å². The molecule has 1 amide bonds. The van der Waals surface area contributed by atoms with E-state index in [0.717, 1.165) is 40.5 Å². The van der Waals surface area contributed by atoms with Gasteiger partial charge in [-0.3, -0.25) is 18.7 Å². The predicted octanol–water partition coefficient (Wildman–Crippen LogP) is 2.93. The average Bonchev–Trinajstić information content (AvgIpc) is 3.25. The molecule has 3 heterocycles. The van der Waals surface area contributed by atoms with E-state index in [1.54, 1.807) is 46.7 Å². The summed E-state index contributed by atoms with van der Waals surface area (Å²) < 4.78 is 3.13. The van der Waals surface area contributed by atoms with Crippen LogP contribution in [0, 0.1) is 0 Å². The number of hydrogen-bond acceptors (Lipinski definition) is 6. The van der Waals surface area contributed by atoms with Gasteiger partial charge in [-0.25, -0.2) is 9.78 Å². The quantitative estimate of drug-likeness (QED) is 0.468. The standard InChI is InChI=1S/C22H23N5O3S2/c1-26-14-8-7-12(9-15(14)27(2)22(26)30)23-18(28)11-31-10-17-24-20(29)19-13-5-3-4-6-16(13)32-21(19)25-17/h7-9H,3-6,10-11H2,1-2H3,(H,23,28)(H,24,25,29). The van der Waals surface area contributed by atoms with E-state index in [-0.39, 0.29) is 22.9 Å². The van der Waals surface area contributed by atoms with Gasteiger partial charge < -0.3 is 10.3 Å². The molecule has 3 aromatic heterocycles. The summed E-state index contributed by atoms with van der Waals surface area (Å²) in [4.78, 5) is 46.8. The summed E-state index contributed by atoms with van der Waals surface area (Å²) in [6, 6.07) is 5.41. The molecule has 0 radical (unpaired) electrons. The number of aromatic nitrogens is 4. The number of amides is 1. The molecule has 0 atom stereocenters. The molecule has 32 heavy (non-hydrogen) atoms. The topological polar surface area (TPSA) is 102 Å². The molecule has 0 fully saturated rings. The largest absolute Gasteiger partial charge is 0.328 e. The highest BCUT2D eigenvalue weighted by Crippen LogP contribution is 2.33. The van der Waals surface area contributed by atoms with Crippen LogP contribution < -0.4 is 16.6 Å². The van der Waals surface area contributed by atoms with Gasteiger partial charge >= 0.3 is 5.69 Å². The van der Waals surface area contributed by atoms with Gasteiger partial charge in [-0.05, 0) is 49.4 Å². The Labute approximate surface area is 191 Å². The number of nitrogens with zero attached hydrogens (tertiary/aromatic N) is 3. The third-order valence-electron chi connectivity index (χ3n) is 5.90. The van der Waals surface area contributed by atoms with E-state index in [1.165, 1.54) is 28.6 Å². The summed E-state index contributed by atoms with van der Waals surface area (Å²) in [5.41, 5.74) is 3.21. The zero-order valence-corrected chi connectivity index (χ0v) is 19.5. The van der Waals surface area contributed by atoms with E-state index < -0.39 is 0 Å². The number of carbonyl (C=O) groups is 1. The Morgan fingerprint density at radius 2 is 1.97 bits per heavy atom. The van der Waals surface area contributed by atoms with E-state index in [1.807, 2.05) is 6.07 Å². The number of imidazole rings is 1. The van der Waals surface area contributed by atoms with Crippen molar-refractivity contribution in [3.8, 4) is 0 Å². The molecule has 166 valence electrons. The highest BCUT2D eigenvalue weighted by Gasteiger charge is 2.19. The van der Waals surface area contributed by atoms with Crippen LogP contribution in [0.4, 0.5) is 5.69 Å². The molecule has 1 aliphatic carbocycles. The second kappa shape index (κ2) is 8.25. The number of rotatable bonds is 5. The van der Waals surface area contributed by atoms with Crippen molar-refractivity contribution in [3.63, 3.8) is 0 Å². The number of H-pyrrole nitrogens is 1. The Hall–Kier alpha value is -2.85. The maximum absolute atomic E-state index is 12.6. The minimum Gasteiger partial charge on any atom is -0.325 e. The van der Waals surface area contributed by atoms with Gasteiger partial charge in [-0.15, -0.1) is 23.1 Å². The zero-order chi connectivity index (χ0) is 22.4. The van der Waals surface area contributed by atoms with Gasteiger partial charge in [-0.1, -0.05) is 0 Å². The third kappa shape index (κ3) is 3.67. The Kier molecular flexibility index (Phi) is 5.42. The van der Waals surface area contributed by atoms with Gasteiger partial charge in [0.2, 0.25) is 5.91 Å². The molecule has 8 nitrogen and oxygen atoms in total. The van der Waals surface area contributed by atoms with Crippen molar-refractivity contribution >= 4 is 55.9 Å². The normalized spacial score (nSPS) is 13.6. The highest BCUT2D eigenvalue weighted by atomic mass is 32.2. The summed E-state index contributed by atoms with van der Waals surface area (Å²) in [7, 11) is 3.43. The van der Waals surface area contributed by atoms with E-state index >= 15 is 0 Å². The van der Waals surface area contributed by atoms with E-state index in [2.05, 4.69) is 15.3 Å². The summed E-state index contributed by atoms with van der Waals surface area (Å²) >= 11 is 3.03. The number of benzene rings is 1. The van der Waals surface area contributed by atoms with E-state index in [9.17, 15) is 14.4 Å². The fourth-order valence-corrected chi connectivity index (χ4v) is 6.27. The van der Waals surface area contributed by atoms with Gasteiger partial charge in [0.05, 0.1) is 27.9 Å². The number of thiophene rings is 1. The number of aromatic amines is 1. The van der Waals surface area contributed by atoms with E-state index in [0.29, 0.717) is 17.3 Å².